The summed E-state index contributed by atoms with van der Waals surface area (Å²) in [7, 11) is 0. The molecule has 0 aromatic rings. The zero-order valence-corrected chi connectivity index (χ0v) is 6.01. The largest absolute Gasteiger partial charge is 0.389 e. The van der Waals surface area contributed by atoms with Crippen molar-refractivity contribution in [1.29, 1.82) is 0 Å². The van der Waals surface area contributed by atoms with Gasteiger partial charge in [0, 0.05) is 6.42 Å². The first-order valence-electron chi connectivity index (χ1n) is 3.64. The summed E-state index contributed by atoms with van der Waals surface area (Å²) >= 11 is 0. The fourth-order valence-electron chi connectivity index (χ4n) is 1.26. The van der Waals surface area contributed by atoms with E-state index in [0.29, 0.717) is 6.42 Å². The Morgan fingerprint density at radius 2 is 2.60 bits per heavy atom. The summed E-state index contributed by atoms with van der Waals surface area (Å²) in [4.78, 5) is 0. The van der Waals surface area contributed by atoms with Crippen molar-refractivity contribution >= 4 is 0 Å². The summed E-state index contributed by atoms with van der Waals surface area (Å²) in [6.45, 7) is 0. The van der Waals surface area contributed by atoms with Gasteiger partial charge >= 0.3 is 0 Å². The molecule has 1 aliphatic rings. The molecule has 1 rings (SSSR count). The molecule has 10 heavy (non-hydrogen) atoms. The lowest BCUT2D eigenvalue weighted by atomic mass is 9.96. The zero-order valence-electron chi connectivity index (χ0n) is 6.01. The molecule has 0 spiro atoms. The van der Waals surface area contributed by atoms with Crippen molar-refractivity contribution in [3.63, 3.8) is 0 Å². The first-order valence-corrected chi connectivity index (χ1v) is 3.64. The number of hydrogen-bond donors (Lipinski definition) is 1. The molecule has 0 saturated heterocycles. The average Bonchev–Trinajstić information content (AvgIpc) is 1.88. The van der Waals surface area contributed by atoms with Gasteiger partial charge in [0.05, 0.1) is 6.10 Å². The van der Waals surface area contributed by atoms with Crippen LogP contribution in [0.5, 0.6) is 0 Å². The number of allylic oxidation sites excluding steroid dienone is 1. The van der Waals surface area contributed by atoms with Crippen molar-refractivity contribution in [3.05, 3.63) is 11.6 Å². The molecular weight excluding hydrogens is 124 g/mol. The molecule has 1 aliphatic carbocycles. The molecule has 0 aliphatic heterocycles. The van der Waals surface area contributed by atoms with Crippen LogP contribution in [0.25, 0.3) is 0 Å². The van der Waals surface area contributed by atoms with E-state index in [1.807, 2.05) is 6.08 Å². The predicted molar refractivity (Wildman–Crippen MR) is 41.4 cm³/mol. The Bertz CT molecular complexity index is 174. The molecule has 0 amide bonds. The van der Waals surface area contributed by atoms with E-state index >= 15 is 0 Å². The Hall–Kier alpha value is -0.740. The topological polar surface area (TPSA) is 20.2 Å². The number of hydrogen-bond acceptors (Lipinski definition) is 1. The van der Waals surface area contributed by atoms with Crippen LogP contribution in [-0.4, -0.2) is 11.2 Å². The number of terminal acetylenes is 1. The smallest absolute Gasteiger partial charge is 0.0724 e. The van der Waals surface area contributed by atoms with Gasteiger partial charge < -0.3 is 5.11 Å². The van der Waals surface area contributed by atoms with Gasteiger partial charge in [-0.2, -0.15) is 0 Å². The summed E-state index contributed by atoms with van der Waals surface area (Å²) in [6.07, 6.45) is 10.5. The van der Waals surface area contributed by atoms with Crippen LogP contribution < -0.4 is 0 Å². The Balaban J connectivity index is 2.50. The van der Waals surface area contributed by atoms with Gasteiger partial charge in [0.1, 0.15) is 0 Å². The third kappa shape index (κ3) is 1.89. The minimum atomic E-state index is -0.239. The summed E-state index contributed by atoms with van der Waals surface area (Å²) in [5, 5.41) is 9.16. The first-order chi connectivity index (χ1) is 4.83. The number of aliphatic hydroxyl groups excluding tert-OH is 1. The van der Waals surface area contributed by atoms with Gasteiger partial charge in [-0.05, 0) is 19.3 Å². The third-order valence-corrected chi connectivity index (χ3v) is 1.75. The molecule has 1 N–H and O–H groups in total. The van der Waals surface area contributed by atoms with E-state index in [-0.39, 0.29) is 6.10 Å². The van der Waals surface area contributed by atoms with Crippen LogP contribution in [0.2, 0.25) is 0 Å². The summed E-state index contributed by atoms with van der Waals surface area (Å²) in [5.74, 6) is 2.58. The molecule has 0 aromatic heterocycles. The summed E-state index contributed by atoms with van der Waals surface area (Å²) in [6, 6.07) is 0. The maximum Gasteiger partial charge on any atom is 0.0724 e. The van der Waals surface area contributed by atoms with Crippen LogP contribution in [0.4, 0.5) is 0 Å². The van der Waals surface area contributed by atoms with E-state index in [1.54, 1.807) is 0 Å². The molecular formula is C9H12O. The highest BCUT2D eigenvalue weighted by Crippen LogP contribution is 2.19. The minimum absolute atomic E-state index is 0.239. The van der Waals surface area contributed by atoms with E-state index in [9.17, 15) is 0 Å². The van der Waals surface area contributed by atoms with Gasteiger partial charge in [-0.1, -0.05) is 11.6 Å². The van der Waals surface area contributed by atoms with Crippen LogP contribution in [-0.2, 0) is 0 Å². The van der Waals surface area contributed by atoms with Crippen LogP contribution in [0.15, 0.2) is 11.6 Å². The van der Waals surface area contributed by atoms with Crippen LogP contribution in [0.1, 0.15) is 25.7 Å². The molecule has 1 unspecified atom stereocenters. The standard InChI is InChI=1S/C9H12O/c1-2-4-8-5-3-6-9(10)7-8/h1,7,9-10H,3-6H2. The Morgan fingerprint density at radius 1 is 1.80 bits per heavy atom. The van der Waals surface area contributed by atoms with Crippen molar-refractivity contribution in [1.82, 2.24) is 0 Å². The average molecular weight is 136 g/mol. The van der Waals surface area contributed by atoms with E-state index in [1.165, 1.54) is 5.57 Å². The summed E-state index contributed by atoms with van der Waals surface area (Å²) in [5.41, 5.74) is 1.22. The highest BCUT2D eigenvalue weighted by atomic mass is 16.3. The van der Waals surface area contributed by atoms with Crippen molar-refractivity contribution < 1.29 is 5.11 Å². The lowest BCUT2D eigenvalue weighted by Gasteiger charge is -2.14. The monoisotopic (exact) mass is 136 g/mol. The summed E-state index contributed by atoms with van der Waals surface area (Å²) < 4.78 is 0. The second kappa shape index (κ2) is 3.43. The fraction of sp³-hybridized carbons (Fsp3) is 0.556. The van der Waals surface area contributed by atoms with Crippen molar-refractivity contribution in [2.75, 3.05) is 0 Å². The Labute approximate surface area is 61.8 Å². The van der Waals surface area contributed by atoms with Gasteiger partial charge in [-0.25, -0.2) is 0 Å². The van der Waals surface area contributed by atoms with E-state index in [0.717, 1.165) is 19.3 Å². The zero-order chi connectivity index (χ0) is 7.40. The minimum Gasteiger partial charge on any atom is -0.389 e. The molecule has 54 valence electrons. The second-order valence-corrected chi connectivity index (χ2v) is 2.67. The molecule has 0 aromatic carbocycles. The number of aliphatic hydroxyl groups is 1. The van der Waals surface area contributed by atoms with Gasteiger partial charge in [0.2, 0.25) is 0 Å². The van der Waals surface area contributed by atoms with Gasteiger partial charge in [0.25, 0.3) is 0 Å². The second-order valence-electron chi connectivity index (χ2n) is 2.67. The molecule has 1 heteroatoms. The molecule has 1 nitrogen and oxygen atoms in total. The third-order valence-electron chi connectivity index (χ3n) is 1.75. The first kappa shape index (κ1) is 7.37. The molecule has 0 bridgehead atoms. The number of rotatable bonds is 1. The Morgan fingerprint density at radius 3 is 3.20 bits per heavy atom. The maximum atomic E-state index is 9.16. The van der Waals surface area contributed by atoms with Crippen LogP contribution >= 0.6 is 0 Å². The fourth-order valence-corrected chi connectivity index (χ4v) is 1.26. The van der Waals surface area contributed by atoms with E-state index in [4.69, 9.17) is 11.5 Å². The molecule has 1 atom stereocenters. The van der Waals surface area contributed by atoms with Gasteiger partial charge in [-0.3, -0.25) is 0 Å². The van der Waals surface area contributed by atoms with E-state index in [2.05, 4.69) is 5.92 Å². The van der Waals surface area contributed by atoms with Gasteiger partial charge in [0.15, 0.2) is 0 Å². The highest BCUT2D eigenvalue weighted by Gasteiger charge is 2.08. The lowest BCUT2D eigenvalue weighted by Crippen LogP contribution is -2.08. The normalized spacial score (nSPS) is 25.2. The highest BCUT2D eigenvalue weighted by molar-refractivity contribution is 5.14. The van der Waals surface area contributed by atoms with Crippen molar-refractivity contribution in [2.24, 2.45) is 0 Å². The van der Waals surface area contributed by atoms with Gasteiger partial charge in [-0.15, -0.1) is 12.3 Å². The van der Waals surface area contributed by atoms with Crippen molar-refractivity contribution in [3.8, 4) is 12.3 Å². The molecule has 0 radical (unpaired) electrons. The van der Waals surface area contributed by atoms with Crippen LogP contribution in [0, 0.1) is 12.3 Å². The van der Waals surface area contributed by atoms with Crippen molar-refractivity contribution in [2.45, 2.75) is 31.8 Å². The molecule has 0 fully saturated rings. The molecule has 0 heterocycles. The van der Waals surface area contributed by atoms with E-state index < -0.39 is 0 Å². The van der Waals surface area contributed by atoms with Crippen LogP contribution in [0.3, 0.4) is 0 Å². The predicted octanol–water partition coefficient (Wildman–Crippen LogP) is 1.48. The molecule has 0 saturated carbocycles. The quantitative estimate of drug-likeness (QED) is 0.427. The maximum absolute atomic E-state index is 9.16. The Kier molecular flexibility index (Phi) is 2.53. The SMILES string of the molecule is C#CCC1=CC(O)CCC1. The lowest BCUT2D eigenvalue weighted by molar-refractivity contribution is 0.202.